The van der Waals surface area contributed by atoms with Crippen LogP contribution in [-0.2, 0) is 13.0 Å². The van der Waals surface area contributed by atoms with E-state index in [0.717, 1.165) is 62.0 Å². The van der Waals surface area contributed by atoms with E-state index in [0.29, 0.717) is 13.1 Å². The molecular weight excluding hydrogens is 494 g/mol. The van der Waals surface area contributed by atoms with Crippen molar-refractivity contribution in [1.29, 1.82) is 0 Å². The summed E-state index contributed by atoms with van der Waals surface area (Å²) in [5.74, 6) is 1.59. The van der Waals surface area contributed by atoms with Crippen LogP contribution in [0, 0.1) is 5.82 Å². The summed E-state index contributed by atoms with van der Waals surface area (Å²) in [5, 5.41) is 6.56. The first kappa shape index (κ1) is 24.3. The van der Waals surface area contributed by atoms with Crippen LogP contribution in [0.5, 0.6) is 0 Å². The van der Waals surface area contributed by atoms with Crippen molar-refractivity contribution in [3.05, 3.63) is 59.5 Å². The highest BCUT2D eigenvalue weighted by Crippen LogP contribution is 2.14. The van der Waals surface area contributed by atoms with E-state index in [9.17, 15) is 4.39 Å². The molecule has 0 saturated carbocycles. The number of rotatable bonds is 7. The molecule has 0 amide bonds. The van der Waals surface area contributed by atoms with E-state index in [2.05, 4.69) is 49.6 Å². The predicted octanol–water partition coefficient (Wildman–Crippen LogP) is 2.89. The zero-order chi connectivity index (χ0) is 20.5. The van der Waals surface area contributed by atoms with Crippen molar-refractivity contribution >= 4 is 35.8 Å². The molecule has 1 aliphatic rings. The standard InChI is InChI=1S/C22H31FN6.HI/c1-3-24-22(25-10-9-18-5-4-6-20(23)15-18)27-17-19-7-8-21(26-16-19)29-13-11-28(2)12-14-29;/h4-8,15-16H,3,9-14,17H2,1-2H3,(H2,24,25,27);1H. The molecular formula is C22H32FIN6. The minimum atomic E-state index is -0.199. The van der Waals surface area contributed by atoms with Gasteiger partial charge in [-0.05, 0) is 49.7 Å². The van der Waals surface area contributed by atoms with Gasteiger partial charge in [0.1, 0.15) is 11.6 Å². The van der Waals surface area contributed by atoms with Crippen molar-refractivity contribution in [1.82, 2.24) is 20.5 Å². The van der Waals surface area contributed by atoms with Crippen LogP contribution in [0.2, 0.25) is 0 Å². The van der Waals surface area contributed by atoms with Gasteiger partial charge in [0.2, 0.25) is 0 Å². The molecule has 164 valence electrons. The van der Waals surface area contributed by atoms with E-state index in [-0.39, 0.29) is 29.8 Å². The molecule has 2 aromatic rings. The zero-order valence-corrected chi connectivity index (χ0v) is 20.1. The first-order valence-corrected chi connectivity index (χ1v) is 10.3. The summed E-state index contributed by atoms with van der Waals surface area (Å²) in [4.78, 5) is 13.9. The maximum Gasteiger partial charge on any atom is 0.191 e. The maximum absolute atomic E-state index is 13.3. The van der Waals surface area contributed by atoms with Crippen LogP contribution in [0.15, 0.2) is 47.6 Å². The van der Waals surface area contributed by atoms with E-state index in [1.807, 2.05) is 19.2 Å². The van der Waals surface area contributed by atoms with Gasteiger partial charge < -0.3 is 20.4 Å². The highest BCUT2D eigenvalue weighted by atomic mass is 127. The summed E-state index contributed by atoms with van der Waals surface area (Å²) in [5.41, 5.74) is 2.04. The second-order valence-electron chi connectivity index (χ2n) is 7.32. The smallest absolute Gasteiger partial charge is 0.191 e. The second kappa shape index (κ2) is 12.7. The zero-order valence-electron chi connectivity index (χ0n) is 17.8. The van der Waals surface area contributed by atoms with Crippen LogP contribution in [0.3, 0.4) is 0 Å². The molecule has 1 aromatic carbocycles. The summed E-state index contributed by atoms with van der Waals surface area (Å²) in [6.45, 7) is 8.24. The van der Waals surface area contributed by atoms with Gasteiger partial charge in [-0.25, -0.2) is 14.4 Å². The van der Waals surface area contributed by atoms with Gasteiger partial charge in [-0.2, -0.15) is 0 Å². The van der Waals surface area contributed by atoms with Crippen molar-refractivity contribution < 1.29 is 4.39 Å². The molecule has 0 bridgehead atoms. The fourth-order valence-corrected chi connectivity index (χ4v) is 3.26. The number of nitrogens with zero attached hydrogens (tertiary/aromatic N) is 4. The number of likely N-dealkylation sites (N-methyl/N-ethyl adjacent to an activating group) is 1. The molecule has 0 aliphatic carbocycles. The number of nitrogens with one attached hydrogen (secondary N) is 2. The van der Waals surface area contributed by atoms with E-state index in [1.54, 1.807) is 12.1 Å². The van der Waals surface area contributed by atoms with E-state index in [4.69, 9.17) is 0 Å². The number of aliphatic imine (C=N–C) groups is 1. The Balaban J connectivity index is 0.00000320. The van der Waals surface area contributed by atoms with Gasteiger partial charge in [0.05, 0.1) is 6.54 Å². The Bertz CT molecular complexity index is 790. The van der Waals surface area contributed by atoms with Gasteiger partial charge in [-0.15, -0.1) is 24.0 Å². The monoisotopic (exact) mass is 526 g/mol. The van der Waals surface area contributed by atoms with Crippen molar-refractivity contribution in [2.75, 3.05) is 51.2 Å². The summed E-state index contributed by atoms with van der Waals surface area (Å²) in [6.07, 6.45) is 2.65. The number of benzene rings is 1. The predicted molar refractivity (Wildman–Crippen MR) is 132 cm³/mol. The first-order valence-electron chi connectivity index (χ1n) is 10.3. The van der Waals surface area contributed by atoms with E-state index < -0.39 is 0 Å². The van der Waals surface area contributed by atoms with Crippen LogP contribution < -0.4 is 15.5 Å². The van der Waals surface area contributed by atoms with Gasteiger partial charge in [0.25, 0.3) is 0 Å². The first-order chi connectivity index (χ1) is 14.1. The lowest BCUT2D eigenvalue weighted by Crippen LogP contribution is -2.44. The van der Waals surface area contributed by atoms with Crippen molar-refractivity contribution in [2.24, 2.45) is 4.99 Å². The summed E-state index contributed by atoms with van der Waals surface area (Å²) >= 11 is 0. The number of pyridine rings is 1. The lowest BCUT2D eigenvalue weighted by atomic mass is 10.1. The number of hydrogen-bond acceptors (Lipinski definition) is 4. The molecule has 8 heteroatoms. The maximum atomic E-state index is 13.3. The van der Waals surface area contributed by atoms with Crippen molar-refractivity contribution in [3.8, 4) is 0 Å². The van der Waals surface area contributed by atoms with Crippen LogP contribution >= 0.6 is 24.0 Å². The largest absolute Gasteiger partial charge is 0.357 e. The topological polar surface area (TPSA) is 55.8 Å². The number of hydrogen-bond donors (Lipinski definition) is 2. The highest BCUT2D eigenvalue weighted by Gasteiger charge is 2.14. The van der Waals surface area contributed by atoms with Gasteiger partial charge in [-0.3, -0.25) is 0 Å². The van der Waals surface area contributed by atoms with E-state index in [1.165, 1.54) is 6.07 Å². The number of piperazine rings is 1. The quantitative estimate of drug-likeness (QED) is 0.330. The minimum Gasteiger partial charge on any atom is -0.357 e. The normalized spacial score (nSPS) is 14.9. The Morgan fingerprint density at radius 2 is 1.90 bits per heavy atom. The third kappa shape index (κ3) is 7.71. The molecule has 1 fully saturated rings. The van der Waals surface area contributed by atoms with Crippen LogP contribution in [0.1, 0.15) is 18.1 Å². The number of halogens is 2. The fraction of sp³-hybridized carbons (Fsp3) is 0.455. The third-order valence-corrected chi connectivity index (χ3v) is 5.00. The molecule has 1 aliphatic heterocycles. The molecule has 0 unspecified atom stereocenters. The van der Waals surface area contributed by atoms with Gasteiger partial charge in [-0.1, -0.05) is 18.2 Å². The lowest BCUT2D eigenvalue weighted by Gasteiger charge is -2.33. The molecule has 1 aromatic heterocycles. The molecule has 1 saturated heterocycles. The summed E-state index contributed by atoms with van der Waals surface area (Å²) in [6, 6.07) is 10.9. The average molecular weight is 526 g/mol. The molecule has 2 heterocycles. The Morgan fingerprint density at radius 1 is 1.10 bits per heavy atom. The molecule has 0 radical (unpaired) electrons. The minimum absolute atomic E-state index is 0. The molecule has 6 nitrogen and oxygen atoms in total. The second-order valence-corrected chi connectivity index (χ2v) is 7.32. The lowest BCUT2D eigenvalue weighted by molar-refractivity contribution is 0.312. The van der Waals surface area contributed by atoms with Gasteiger partial charge >= 0.3 is 0 Å². The molecule has 0 atom stereocenters. The van der Waals surface area contributed by atoms with Crippen molar-refractivity contribution in [2.45, 2.75) is 19.9 Å². The van der Waals surface area contributed by atoms with Crippen molar-refractivity contribution in [3.63, 3.8) is 0 Å². The number of aromatic nitrogens is 1. The Hall–Kier alpha value is -1.94. The third-order valence-electron chi connectivity index (χ3n) is 5.00. The van der Waals surface area contributed by atoms with Gasteiger partial charge in [0, 0.05) is 45.5 Å². The number of guanidine groups is 1. The molecule has 3 rings (SSSR count). The molecule has 2 N–H and O–H groups in total. The molecule has 30 heavy (non-hydrogen) atoms. The summed E-state index contributed by atoms with van der Waals surface area (Å²) < 4.78 is 13.3. The van der Waals surface area contributed by atoms with Crippen LogP contribution in [-0.4, -0.2) is 62.2 Å². The fourth-order valence-electron chi connectivity index (χ4n) is 3.26. The Morgan fingerprint density at radius 3 is 2.57 bits per heavy atom. The van der Waals surface area contributed by atoms with Gasteiger partial charge in [0.15, 0.2) is 5.96 Å². The number of anilines is 1. The Labute approximate surface area is 196 Å². The van der Waals surface area contributed by atoms with Crippen LogP contribution in [0.4, 0.5) is 10.2 Å². The van der Waals surface area contributed by atoms with E-state index >= 15 is 0 Å². The van der Waals surface area contributed by atoms with Crippen LogP contribution in [0.25, 0.3) is 0 Å². The molecule has 0 spiro atoms. The average Bonchev–Trinajstić information content (AvgIpc) is 2.73. The highest BCUT2D eigenvalue weighted by molar-refractivity contribution is 14.0. The Kier molecular flexibility index (Phi) is 10.3. The SMILES string of the molecule is CCNC(=NCc1ccc(N2CCN(C)CC2)nc1)NCCc1cccc(F)c1.I. The summed E-state index contributed by atoms with van der Waals surface area (Å²) in [7, 11) is 2.15.